The first-order chi connectivity index (χ1) is 27.4. The molecule has 0 radical (unpaired) electrons. The molecule has 0 saturated carbocycles. The van der Waals surface area contributed by atoms with Gasteiger partial charge in [0, 0.05) is 40.6 Å². The van der Waals surface area contributed by atoms with Gasteiger partial charge in [0.05, 0.1) is 37.6 Å². The van der Waals surface area contributed by atoms with E-state index in [9.17, 15) is 24.9 Å². The zero-order valence-electron chi connectivity index (χ0n) is 32.2. The van der Waals surface area contributed by atoms with Gasteiger partial charge in [-0.25, -0.2) is 9.59 Å². The van der Waals surface area contributed by atoms with E-state index in [0.29, 0.717) is 64.5 Å². The quantitative estimate of drug-likeness (QED) is 0.164. The summed E-state index contributed by atoms with van der Waals surface area (Å²) in [5, 5.41) is 38.3. The van der Waals surface area contributed by atoms with Crippen molar-refractivity contribution in [2.75, 3.05) is 53.6 Å². The fourth-order valence-corrected chi connectivity index (χ4v) is 11.8. The maximum absolute atomic E-state index is 14.8. The van der Waals surface area contributed by atoms with Crippen molar-refractivity contribution < 1.29 is 58.1 Å². The van der Waals surface area contributed by atoms with E-state index in [0.717, 1.165) is 16.7 Å². The molecule has 0 amide bonds. The van der Waals surface area contributed by atoms with Crippen LogP contribution in [0.3, 0.4) is 0 Å². The third-order valence-electron chi connectivity index (χ3n) is 12.5. The molecule has 4 N–H and O–H groups in total. The van der Waals surface area contributed by atoms with Crippen LogP contribution in [-0.2, 0) is 32.6 Å². The average Bonchev–Trinajstić information content (AvgIpc) is 3.69. The Hall–Kier alpha value is -4.87. The molecule has 7 aliphatic rings. The first kappa shape index (κ1) is 37.7. The first-order valence-corrected chi connectivity index (χ1v) is 19.9. The number of likely N-dealkylation sites (N-methyl/N-ethyl adjacent to an activating group) is 1. The van der Waals surface area contributed by atoms with E-state index in [4.69, 9.17) is 33.2 Å². The standard InChI is InChI=1S/C41H45N3O12S/c1-7-10-52-40(49)56-34-19(3)35-36(55-17-54-35)28-24-15-53-39(48)41(22-14-26(50-5)25(45)13-20(22)8-9-42-41)16-57-37(29(28)34)31-30-27-21(11-18(2)33(51-6)32(27)46)12-23(43(30)4)38(47)44(24)31/h7,11,13-14,23-24,30-31,37-38,42,45-47H,1,8-10,12,15-17H2,2-6H3/t23-,24-,30-,31?,37-,38+,41-/m1/s1. The molecular weight excluding hydrogens is 759 g/mol. The summed E-state index contributed by atoms with van der Waals surface area (Å²) in [5.41, 5.74) is 3.98. The molecule has 4 bridgehead atoms. The summed E-state index contributed by atoms with van der Waals surface area (Å²) >= 11 is 1.43. The molecule has 1 spiro atoms. The summed E-state index contributed by atoms with van der Waals surface area (Å²) in [6.45, 7) is 7.32. The molecule has 57 heavy (non-hydrogen) atoms. The maximum atomic E-state index is 14.8. The second kappa shape index (κ2) is 13.9. The average molecular weight is 804 g/mol. The van der Waals surface area contributed by atoms with Crippen molar-refractivity contribution in [1.29, 1.82) is 0 Å². The van der Waals surface area contributed by atoms with Crippen molar-refractivity contribution in [2.24, 2.45) is 0 Å². The highest BCUT2D eigenvalue weighted by atomic mass is 32.2. The fraction of sp³-hybridized carbons (Fsp3) is 0.463. The van der Waals surface area contributed by atoms with Gasteiger partial charge in [-0.05, 0) is 68.1 Å². The largest absolute Gasteiger partial charge is 0.514 e. The fourth-order valence-electron chi connectivity index (χ4n) is 10.1. The lowest BCUT2D eigenvalue weighted by molar-refractivity contribution is -0.186. The summed E-state index contributed by atoms with van der Waals surface area (Å²) in [7, 11) is 4.92. The molecule has 7 atom stereocenters. The van der Waals surface area contributed by atoms with Gasteiger partial charge in [0.25, 0.3) is 0 Å². The molecule has 2 saturated heterocycles. The number of esters is 1. The molecule has 302 valence electrons. The number of phenolic OH excluding ortho intramolecular Hbond substituents is 2. The van der Waals surface area contributed by atoms with Gasteiger partial charge in [0.2, 0.25) is 6.79 Å². The number of aromatic hydroxyl groups is 2. The predicted molar refractivity (Wildman–Crippen MR) is 205 cm³/mol. The number of nitrogens with zero attached hydrogens (tertiary/aromatic N) is 2. The molecule has 7 heterocycles. The highest BCUT2D eigenvalue weighted by Gasteiger charge is 2.61. The van der Waals surface area contributed by atoms with E-state index in [-0.39, 0.29) is 48.8 Å². The molecule has 0 aromatic heterocycles. The van der Waals surface area contributed by atoms with Crippen LogP contribution in [0.1, 0.15) is 61.8 Å². The molecule has 7 aliphatic heterocycles. The highest BCUT2D eigenvalue weighted by Crippen LogP contribution is 2.64. The Bertz CT molecular complexity index is 2220. The molecule has 15 nitrogen and oxygen atoms in total. The van der Waals surface area contributed by atoms with Crippen LogP contribution in [0.5, 0.6) is 40.2 Å². The predicted octanol–water partition coefficient (Wildman–Crippen LogP) is 4.19. The minimum atomic E-state index is -1.40. The van der Waals surface area contributed by atoms with Crippen molar-refractivity contribution in [3.05, 3.63) is 75.4 Å². The number of nitrogens with one attached hydrogen (secondary N) is 1. The minimum Gasteiger partial charge on any atom is -0.504 e. The zero-order valence-corrected chi connectivity index (χ0v) is 33.1. The molecule has 10 rings (SSSR count). The number of fused-ring (bicyclic) bond motifs is 9. The van der Waals surface area contributed by atoms with Gasteiger partial charge in [0.15, 0.2) is 40.0 Å². The topological polar surface area (TPSA) is 178 Å². The number of thioether (sulfide) groups is 1. The van der Waals surface area contributed by atoms with Gasteiger partial charge in [-0.2, -0.15) is 0 Å². The number of aryl methyl sites for hydroxylation is 1. The highest BCUT2D eigenvalue weighted by molar-refractivity contribution is 7.99. The Labute approximate surface area is 333 Å². The van der Waals surface area contributed by atoms with Gasteiger partial charge in [0.1, 0.15) is 25.2 Å². The first-order valence-electron chi connectivity index (χ1n) is 18.9. The number of carbonyl (C=O) groups is 2. The molecule has 16 heteroatoms. The van der Waals surface area contributed by atoms with Crippen LogP contribution in [0, 0.1) is 13.8 Å². The van der Waals surface area contributed by atoms with Crippen LogP contribution >= 0.6 is 11.8 Å². The number of piperazine rings is 1. The van der Waals surface area contributed by atoms with Gasteiger partial charge in [-0.1, -0.05) is 18.7 Å². The molecule has 3 aromatic rings. The van der Waals surface area contributed by atoms with E-state index >= 15 is 0 Å². The number of aliphatic hydroxyl groups is 1. The number of carbonyl (C=O) groups excluding carboxylic acids is 2. The van der Waals surface area contributed by atoms with Crippen LogP contribution < -0.4 is 29.0 Å². The van der Waals surface area contributed by atoms with E-state index in [1.165, 1.54) is 32.1 Å². The normalized spacial score (nSPS) is 28.4. The van der Waals surface area contributed by atoms with Gasteiger partial charge in [-0.3, -0.25) is 15.1 Å². The number of hydrogen-bond donors (Lipinski definition) is 4. The van der Waals surface area contributed by atoms with Crippen molar-refractivity contribution in [2.45, 2.75) is 67.9 Å². The molecular formula is C41H45N3O12S. The van der Waals surface area contributed by atoms with E-state index in [1.807, 2.05) is 24.9 Å². The van der Waals surface area contributed by atoms with E-state index < -0.39 is 53.3 Å². The number of phenols is 2. The Morgan fingerprint density at radius 1 is 1.07 bits per heavy atom. The molecule has 3 aromatic carbocycles. The smallest absolute Gasteiger partial charge is 0.504 e. The van der Waals surface area contributed by atoms with Crippen molar-refractivity contribution >= 4 is 23.9 Å². The number of aliphatic hydroxyl groups excluding tert-OH is 1. The van der Waals surface area contributed by atoms with E-state index in [2.05, 4.69) is 16.8 Å². The number of benzene rings is 3. The summed E-state index contributed by atoms with van der Waals surface area (Å²) in [6, 6.07) is 2.90. The Morgan fingerprint density at radius 3 is 2.61 bits per heavy atom. The third-order valence-corrected chi connectivity index (χ3v) is 14.0. The maximum Gasteiger partial charge on any atom is 0.514 e. The third kappa shape index (κ3) is 5.40. The number of methoxy groups -OCH3 is 2. The minimum absolute atomic E-state index is 0.0151. The van der Waals surface area contributed by atoms with Crippen molar-refractivity contribution in [3.8, 4) is 40.2 Å². The summed E-state index contributed by atoms with van der Waals surface area (Å²) in [6.07, 6.45) is 0.384. The molecule has 1 unspecified atom stereocenters. The Morgan fingerprint density at radius 2 is 1.86 bits per heavy atom. The van der Waals surface area contributed by atoms with Crippen LogP contribution in [0.2, 0.25) is 0 Å². The summed E-state index contributed by atoms with van der Waals surface area (Å²) in [4.78, 5) is 32.2. The molecule has 2 fully saturated rings. The van der Waals surface area contributed by atoms with Crippen LogP contribution in [0.4, 0.5) is 4.79 Å². The van der Waals surface area contributed by atoms with Crippen LogP contribution in [0.15, 0.2) is 30.9 Å². The molecule has 0 aliphatic carbocycles. The summed E-state index contributed by atoms with van der Waals surface area (Å²) < 4.78 is 41.4. The zero-order chi connectivity index (χ0) is 40.1. The van der Waals surface area contributed by atoms with Crippen LogP contribution in [-0.4, -0.2) is 109 Å². The SMILES string of the molecule is C=CCOC(=O)Oc1c(C)c2c(c3c1[C@H]1SC[C@]4(NCCc5cc(O)c(OC)cc54)C(=O)OC[C@H]3N3C1[C@H]1c4c(cc(C)c(OC)c4O)C[C@H]([C@@H]3O)N1C)OCO2. The Kier molecular flexibility index (Phi) is 9.19. The van der Waals surface area contributed by atoms with Gasteiger partial charge >= 0.3 is 12.1 Å². The lowest BCUT2D eigenvalue weighted by atomic mass is 9.73. The number of ether oxygens (including phenoxy) is 7. The number of hydrogen-bond acceptors (Lipinski definition) is 16. The number of rotatable bonds is 5. The van der Waals surface area contributed by atoms with Gasteiger partial charge < -0.3 is 48.5 Å². The summed E-state index contributed by atoms with van der Waals surface area (Å²) in [5.74, 6) is 1.10. The second-order valence-electron chi connectivity index (χ2n) is 15.3. The van der Waals surface area contributed by atoms with E-state index in [1.54, 1.807) is 19.1 Å². The second-order valence-corrected chi connectivity index (χ2v) is 16.4. The van der Waals surface area contributed by atoms with Crippen molar-refractivity contribution in [3.63, 3.8) is 0 Å². The van der Waals surface area contributed by atoms with Crippen LogP contribution in [0.25, 0.3) is 0 Å². The lowest BCUT2D eigenvalue weighted by Crippen LogP contribution is -2.70. The van der Waals surface area contributed by atoms with Crippen molar-refractivity contribution in [1.82, 2.24) is 15.1 Å². The lowest BCUT2D eigenvalue weighted by Gasteiger charge is -2.62. The van der Waals surface area contributed by atoms with Gasteiger partial charge in [-0.15, -0.1) is 11.8 Å². The monoisotopic (exact) mass is 803 g/mol. The Balaban J connectivity index is 1.31.